The molecule has 1 N–H and O–H groups in total. The van der Waals surface area contributed by atoms with Crippen molar-refractivity contribution in [3.8, 4) is 28.4 Å². The van der Waals surface area contributed by atoms with Gasteiger partial charge in [0.15, 0.2) is 0 Å². The van der Waals surface area contributed by atoms with E-state index >= 15 is 0 Å². The average molecular weight is 374 g/mol. The number of aryl methyl sites for hydroxylation is 1. The number of H-pyrrole nitrogens is 1. The Morgan fingerprint density at radius 3 is 2.39 bits per heavy atom. The van der Waals surface area contributed by atoms with Crippen LogP contribution in [0.15, 0.2) is 66.7 Å². The summed E-state index contributed by atoms with van der Waals surface area (Å²) in [5, 5.41) is 12.4. The molecule has 0 saturated heterocycles. The topological polar surface area (TPSA) is 77.4 Å². The molecule has 4 aromatic rings. The maximum Gasteiger partial charge on any atom is 0.270 e. The first kappa shape index (κ1) is 17.6. The van der Waals surface area contributed by atoms with Gasteiger partial charge in [-0.25, -0.2) is 0 Å². The van der Waals surface area contributed by atoms with Gasteiger partial charge in [-0.05, 0) is 43.3 Å². The van der Waals surface area contributed by atoms with Gasteiger partial charge < -0.3 is 14.5 Å². The van der Waals surface area contributed by atoms with Crippen molar-refractivity contribution in [2.45, 2.75) is 6.92 Å². The highest BCUT2D eigenvalue weighted by molar-refractivity contribution is 5.91. The summed E-state index contributed by atoms with van der Waals surface area (Å²) in [5.41, 5.74) is 3.23. The highest BCUT2D eigenvalue weighted by Gasteiger charge is 2.18. The SMILES string of the molecule is COc1cc2cc(C)[nH]c2cc1-c1cc([N+](=O)[O-])ccc1Oc1ccccc1. The molecule has 6 heteroatoms. The van der Waals surface area contributed by atoms with Crippen LogP contribution in [0.25, 0.3) is 22.0 Å². The molecule has 0 saturated carbocycles. The zero-order valence-electron chi connectivity index (χ0n) is 15.4. The van der Waals surface area contributed by atoms with Gasteiger partial charge in [0.2, 0.25) is 0 Å². The lowest BCUT2D eigenvalue weighted by atomic mass is 10.0. The number of hydrogen-bond donors (Lipinski definition) is 1. The summed E-state index contributed by atoms with van der Waals surface area (Å²) in [4.78, 5) is 14.2. The Kier molecular flexibility index (Phi) is 4.45. The van der Waals surface area contributed by atoms with Crippen molar-refractivity contribution in [1.82, 2.24) is 4.98 Å². The number of fused-ring (bicyclic) bond motifs is 1. The molecule has 0 aliphatic carbocycles. The summed E-state index contributed by atoms with van der Waals surface area (Å²) < 4.78 is 11.6. The second-order valence-electron chi connectivity index (χ2n) is 6.44. The van der Waals surface area contributed by atoms with Crippen LogP contribution in [-0.2, 0) is 0 Å². The molecule has 0 spiro atoms. The number of para-hydroxylation sites is 1. The number of nitrogens with one attached hydrogen (secondary N) is 1. The van der Waals surface area contributed by atoms with Gasteiger partial charge in [0, 0.05) is 39.9 Å². The second-order valence-corrected chi connectivity index (χ2v) is 6.44. The molecule has 4 rings (SSSR count). The first-order chi connectivity index (χ1) is 13.5. The van der Waals surface area contributed by atoms with Crippen molar-refractivity contribution in [3.63, 3.8) is 0 Å². The fraction of sp³-hybridized carbons (Fsp3) is 0.0909. The van der Waals surface area contributed by atoms with E-state index in [9.17, 15) is 10.1 Å². The summed E-state index contributed by atoms with van der Waals surface area (Å²) in [5.74, 6) is 1.77. The van der Waals surface area contributed by atoms with Crippen molar-refractivity contribution in [3.05, 3.63) is 82.5 Å². The molecule has 0 unspecified atom stereocenters. The van der Waals surface area contributed by atoms with Crippen LogP contribution in [0.4, 0.5) is 5.69 Å². The summed E-state index contributed by atoms with van der Waals surface area (Å²) in [6.45, 7) is 1.98. The smallest absolute Gasteiger partial charge is 0.270 e. The van der Waals surface area contributed by atoms with Crippen molar-refractivity contribution < 1.29 is 14.4 Å². The molecule has 6 nitrogen and oxygen atoms in total. The zero-order valence-corrected chi connectivity index (χ0v) is 15.4. The third kappa shape index (κ3) is 3.27. The summed E-state index contributed by atoms with van der Waals surface area (Å²) in [7, 11) is 1.58. The quantitative estimate of drug-likeness (QED) is 0.351. The molecular formula is C22H18N2O4. The number of rotatable bonds is 5. The van der Waals surface area contributed by atoms with Gasteiger partial charge in [-0.2, -0.15) is 0 Å². The number of ether oxygens (including phenoxy) is 2. The lowest BCUT2D eigenvalue weighted by molar-refractivity contribution is -0.384. The second kappa shape index (κ2) is 7.08. The fourth-order valence-electron chi connectivity index (χ4n) is 3.23. The summed E-state index contributed by atoms with van der Waals surface area (Å²) in [6, 6.07) is 19.7. The molecule has 0 amide bonds. The summed E-state index contributed by atoms with van der Waals surface area (Å²) >= 11 is 0. The average Bonchev–Trinajstić information content (AvgIpc) is 3.06. The molecule has 3 aromatic carbocycles. The normalized spacial score (nSPS) is 10.8. The Balaban J connectivity index is 1.92. The van der Waals surface area contributed by atoms with Gasteiger partial charge in [-0.15, -0.1) is 0 Å². The molecule has 0 radical (unpaired) electrons. The highest BCUT2D eigenvalue weighted by Crippen LogP contribution is 2.42. The van der Waals surface area contributed by atoms with E-state index in [-0.39, 0.29) is 5.69 Å². The van der Waals surface area contributed by atoms with Crippen LogP contribution in [0.2, 0.25) is 0 Å². The van der Waals surface area contributed by atoms with Gasteiger partial charge in [0.05, 0.1) is 12.0 Å². The highest BCUT2D eigenvalue weighted by atomic mass is 16.6. The monoisotopic (exact) mass is 374 g/mol. The van der Waals surface area contributed by atoms with Crippen LogP contribution in [0.5, 0.6) is 17.2 Å². The van der Waals surface area contributed by atoms with E-state index in [2.05, 4.69) is 4.98 Å². The number of non-ortho nitro benzene ring substituents is 1. The van der Waals surface area contributed by atoms with Crippen LogP contribution in [0.3, 0.4) is 0 Å². The predicted molar refractivity (Wildman–Crippen MR) is 108 cm³/mol. The van der Waals surface area contributed by atoms with E-state index in [1.54, 1.807) is 13.2 Å². The minimum Gasteiger partial charge on any atom is -0.496 e. The molecule has 0 aliphatic heterocycles. The maximum atomic E-state index is 11.4. The van der Waals surface area contributed by atoms with E-state index in [0.29, 0.717) is 28.4 Å². The number of aromatic amines is 1. The van der Waals surface area contributed by atoms with Crippen LogP contribution in [0, 0.1) is 17.0 Å². The lowest BCUT2D eigenvalue weighted by Gasteiger charge is -2.14. The Hall–Kier alpha value is -3.80. The molecule has 0 bridgehead atoms. The first-order valence-electron chi connectivity index (χ1n) is 8.74. The maximum absolute atomic E-state index is 11.4. The number of nitro benzene ring substituents is 1. The first-order valence-corrected chi connectivity index (χ1v) is 8.74. The molecule has 0 fully saturated rings. The minimum atomic E-state index is -0.417. The molecular weight excluding hydrogens is 356 g/mol. The Morgan fingerprint density at radius 1 is 0.929 bits per heavy atom. The Labute approximate surface area is 161 Å². The van der Waals surface area contributed by atoms with E-state index in [4.69, 9.17) is 9.47 Å². The minimum absolute atomic E-state index is 0.0137. The number of nitrogens with zero attached hydrogens (tertiary/aromatic N) is 1. The molecule has 140 valence electrons. The molecule has 1 heterocycles. The number of methoxy groups -OCH3 is 1. The van der Waals surface area contributed by atoms with Crippen LogP contribution in [0.1, 0.15) is 5.69 Å². The van der Waals surface area contributed by atoms with Crippen LogP contribution < -0.4 is 9.47 Å². The lowest BCUT2D eigenvalue weighted by Crippen LogP contribution is -1.95. The number of benzene rings is 3. The number of hydrogen-bond acceptors (Lipinski definition) is 4. The fourth-order valence-corrected chi connectivity index (χ4v) is 3.23. The van der Waals surface area contributed by atoms with Crippen LogP contribution >= 0.6 is 0 Å². The van der Waals surface area contributed by atoms with Gasteiger partial charge in [0.1, 0.15) is 17.2 Å². The predicted octanol–water partition coefficient (Wildman–Crippen LogP) is 5.85. The molecule has 28 heavy (non-hydrogen) atoms. The molecule has 0 atom stereocenters. The largest absolute Gasteiger partial charge is 0.496 e. The molecule has 0 aliphatic rings. The summed E-state index contributed by atoms with van der Waals surface area (Å²) in [6.07, 6.45) is 0. The van der Waals surface area contributed by atoms with E-state index in [0.717, 1.165) is 16.6 Å². The Bertz CT molecular complexity index is 1170. The van der Waals surface area contributed by atoms with E-state index in [1.807, 2.05) is 55.5 Å². The van der Waals surface area contributed by atoms with Gasteiger partial charge >= 0.3 is 0 Å². The number of nitro groups is 1. The van der Waals surface area contributed by atoms with E-state index in [1.165, 1.54) is 12.1 Å². The van der Waals surface area contributed by atoms with Gasteiger partial charge in [0.25, 0.3) is 5.69 Å². The van der Waals surface area contributed by atoms with Crippen molar-refractivity contribution in [2.75, 3.05) is 7.11 Å². The van der Waals surface area contributed by atoms with Crippen molar-refractivity contribution >= 4 is 16.6 Å². The van der Waals surface area contributed by atoms with Gasteiger partial charge in [-0.1, -0.05) is 18.2 Å². The third-order valence-corrected chi connectivity index (χ3v) is 4.51. The van der Waals surface area contributed by atoms with Crippen LogP contribution in [-0.4, -0.2) is 17.0 Å². The van der Waals surface area contributed by atoms with Crippen molar-refractivity contribution in [2.24, 2.45) is 0 Å². The Morgan fingerprint density at radius 2 is 1.68 bits per heavy atom. The van der Waals surface area contributed by atoms with Gasteiger partial charge in [-0.3, -0.25) is 10.1 Å². The molecule has 1 aromatic heterocycles. The zero-order chi connectivity index (χ0) is 19.7. The standard InChI is InChI=1S/C22H18N2O4/c1-14-10-15-11-22(27-2)19(13-20(15)23-14)18-12-16(24(25)26)8-9-21(18)28-17-6-4-3-5-7-17/h3-13,23H,1-2H3. The van der Waals surface area contributed by atoms with Crippen molar-refractivity contribution in [1.29, 1.82) is 0 Å². The van der Waals surface area contributed by atoms with E-state index < -0.39 is 4.92 Å². The number of aromatic nitrogens is 1. The third-order valence-electron chi connectivity index (χ3n) is 4.51.